The van der Waals surface area contributed by atoms with Gasteiger partial charge in [-0.3, -0.25) is 0 Å². The lowest BCUT2D eigenvalue weighted by Gasteiger charge is -2.11. The predicted octanol–water partition coefficient (Wildman–Crippen LogP) is 3.74. The largest absolute Gasteiger partial charge is 0.204 e. The Balaban J connectivity index is 2.10. The van der Waals surface area contributed by atoms with Crippen molar-refractivity contribution in [3.63, 3.8) is 0 Å². The van der Waals surface area contributed by atoms with E-state index in [9.17, 15) is 0 Å². The van der Waals surface area contributed by atoms with Crippen LogP contribution in [0.5, 0.6) is 0 Å². The van der Waals surface area contributed by atoms with Crippen LogP contribution in [0.2, 0.25) is 0 Å². The van der Waals surface area contributed by atoms with E-state index >= 15 is 0 Å². The van der Waals surface area contributed by atoms with Crippen molar-refractivity contribution < 1.29 is 4.58 Å². The van der Waals surface area contributed by atoms with Gasteiger partial charge in [-0.25, -0.2) is 4.58 Å². The Hall–Kier alpha value is -2.15. The number of hydrogen-bond donors (Lipinski definition) is 0. The minimum Gasteiger partial charge on any atom is -0.204 e. The van der Waals surface area contributed by atoms with Gasteiger partial charge in [-0.2, -0.15) is 0 Å². The van der Waals surface area contributed by atoms with Gasteiger partial charge in [0, 0.05) is 5.56 Å². The molecule has 0 aromatic heterocycles. The second kappa shape index (κ2) is 4.85. The Kier molecular flexibility index (Phi) is 3.04. The van der Waals surface area contributed by atoms with Crippen LogP contribution in [0.1, 0.15) is 22.6 Å². The summed E-state index contributed by atoms with van der Waals surface area (Å²) in [6, 6.07) is 19.3. The van der Waals surface area contributed by atoms with E-state index in [-0.39, 0.29) is 0 Å². The lowest BCUT2D eigenvalue weighted by Crippen LogP contribution is -2.17. The van der Waals surface area contributed by atoms with E-state index < -0.39 is 0 Å². The average Bonchev–Trinajstić information content (AvgIpc) is 2.82. The summed E-state index contributed by atoms with van der Waals surface area (Å²) in [5.41, 5.74) is 5.38. The Morgan fingerprint density at radius 3 is 2.32 bits per heavy atom. The quantitative estimate of drug-likeness (QED) is 0.712. The monoisotopic (exact) mass is 248 g/mol. The first-order chi connectivity index (χ1) is 9.27. The molecule has 0 bridgehead atoms. The number of nitrogens with zero attached hydrogens (tertiary/aromatic N) is 1. The van der Waals surface area contributed by atoms with Crippen LogP contribution in [-0.4, -0.2) is 17.3 Å². The first-order valence-electron chi connectivity index (χ1n) is 6.66. The number of rotatable bonds is 2. The zero-order valence-corrected chi connectivity index (χ0v) is 11.4. The highest BCUT2D eigenvalue weighted by atomic mass is 15.0. The molecule has 1 atom stereocenters. The van der Waals surface area contributed by atoms with Crippen LogP contribution in [0.25, 0.3) is 0 Å². The highest BCUT2D eigenvalue weighted by Gasteiger charge is 2.30. The number of hydrogen-bond acceptors (Lipinski definition) is 0. The van der Waals surface area contributed by atoms with Gasteiger partial charge in [-0.15, -0.1) is 0 Å². The first-order valence-corrected chi connectivity index (χ1v) is 6.66. The van der Waals surface area contributed by atoms with Crippen LogP contribution in [0.15, 0.2) is 66.9 Å². The Labute approximate surface area is 114 Å². The summed E-state index contributed by atoms with van der Waals surface area (Å²) < 4.78 is 2.24. The standard InChI is InChI=1S/C18H18N/c1-14-8-6-7-11-16(14)18-17(12-13-19(18)2)15-9-4-3-5-10-15/h3-13,17H,1-2H3/q+1. The van der Waals surface area contributed by atoms with E-state index in [1.54, 1.807) is 0 Å². The molecule has 0 amide bonds. The smallest absolute Gasteiger partial charge is 0.200 e. The molecule has 0 saturated heterocycles. The molecule has 0 aliphatic carbocycles. The van der Waals surface area contributed by atoms with Gasteiger partial charge in [-0.05, 0) is 30.2 Å². The van der Waals surface area contributed by atoms with E-state index in [1.165, 1.54) is 22.4 Å². The topological polar surface area (TPSA) is 3.01 Å². The Morgan fingerprint density at radius 1 is 0.895 bits per heavy atom. The molecular weight excluding hydrogens is 230 g/mol. The third-order valence-electron chi connectivity index (χ3n) is 3.76. The fourth-order valence-electron chi connectivity index (χ4n) is 2.75. The number of allylic oxidation sites excluding steroid dienone is 1. The Bertz CT molecular complexity index is 650. The van der Waals surface area contributed by atoms with E-state index in [0.29, 0.717) is 5.92 Å². The lowest BCUT2D eigenvalue weighted by atomic mass is 9.89. The van der Waals surface area contributed by atoms with Crippen molar-refractivity contribution >= 4 is 5.71 Å². The summed E-state index contributed by atoms with van der Waals surface area (Å²) in [6.07, 6.45) is 4.44. The van der Waals surface area contributed by atoms with Crippen molar-refractivity contribution in [3.8, 4) is 0 Å². The molecule has 1 nitrogen and oxygen atoms in total. The minimum absolute atomic E-state index is 0.354. The summed E-state index contributed by atoms with van der Waals surface area (Å²) in [5.74, 6) is 0.354. The maximum absolute atomic E-state index is 2.27. The number of benzene rings is 2. The summed E-state index contributed by atoms with van der Waals surface area (Å²) in [4.78, 5) is 0. The van der Waals surface area contributed by atoms with Crippen LogP contribution in [0.4, 0.5) is 0 Å². The number of aryl methyl sites for hydroxylation is 1. The highest BCUT2D eigenvalue weighted by Crippen LogP contribution is 2.27. The molecule has 2 aromatic carbocycles. The van der Waals surface area contributed by atoms with E-state index in [4.69, 9.17) is 0 Å². The second-order valence-electron chi connectivity index (χ2n) is 5.04. The normalized spacial score (nSPS) is 18.1. The molecule has 0 spiro atoms. The molecule has 2 aromatic rings. The Morgan fingerprint density at radius 2 is 1.58 bits per heavy atom. The van der Waals surface area contributed by atoms with Gasteiger partial charge in [0.25, 0.3) is 0 Å². The molecule has 1 heteroatoms. The van der Waals surface area contributed by atoms with Crippen molar-refractivity contribution in [2.24, 2.45) is 0 Å². The van der Waals surface area contributed by atoms with Crippen LogP contribution in [0.3, 0.4) is 0 Å². The molecule has 1 aliphatic rings. The highest BCUT2D eigenvalue weighted by molar-refractivity contribution is 6.04. The molecule has 0 N–H and O–H groups in total. The van der Waals surface area contributed by atoms with Crippen LogP contribution < -0.4 is 0 Å². The molecular formula is C18H18N+. The summed E-state index contributed by atoms with van der Waals surface area (Å²) in [7, 11) is 2.13. The maximum atomic E-state index is 2.27. The fourth-order valence-corrected chi connectivity index (χ4v) is 2.75. The van der Waals surface area contributed by atoms with Crippen molar-refractivity contribution in [1.82, 2.24) is 0 Å². The summed E-state index contributed by atoms with van der Waals surface area (Å²) >= 11 is 0. The third-order valence-corrected chi connectivity index (χ3v) is 3.76. The van der Waals surface area contributed by atoms with Gasteiger partial charge in [0.05, 0.1) is 5.92 Å². The van der Waals surface area contributed by atoms with Crippen molar-refractivity contribution in [3.05, 3.63) is 83.6 Å². The molecule has 0 saturated carbocycles. The summed E-state index contributed by atoms with van der Waals surface area (Å²) in [5, 5.41) is 0. The van der Waals surface area contributed by atoms with Crippen molar-refractivity contribution in [2.45, 2.75) is 12.8 Å². The van der Waals surface area contributed by atoms with E-state index in [2.05, 4.69) is 85.4 Å². The van der Waals surface area contributed by atoms with Gasteiger partial charge >= 0.3 is 0 Å². The van der Waals surface area contributed by atoms with E-state index in [1.807, 2.05) is 0 Å². The fraction of sp³-hybridized carbons (Fsp3) is 0.167. The van der Waals surface area contributed by atoms with Gasteiger partial charge in [0.2, 0.25) is 0 Å². The maximum Gasteiger partial charge on any atom is 0.200 e. The molecule has 1 unspecified atom stereocenters. The molecule has 94 valence electrons. The lowest BCUT2D eigenvalue weighted by molar-refractivity contribution is -0.418. The van der Waals surface area contributed by atoms with Gasteiger partial charge in [0.15, 0.2) is 11.9 Å². The van der Waals surface area contributed by atoms with Crippen LogP contribution in [0, 0.1) is 6.92 Å². The molecule has 3 rings (SSSR count). The van der Waals surface area contributed by atoms with Crippen molar-refractivity contribution in [2.75, 3.05) is 7.05 Å². The zero-order valence-electron chi connectivity index (χ0n) is 11.4. The van der Waals surface area contributed by atoms with Gasteiger partial charge < -0.3 is 0 Å². The molecule has 19 heavy (non-hydrogen) atoms. The third kappa shape index (κ3) is 2.12. The SMILES string of the molecule is Cc1ccccc1C1=[N+](C)C=CC1c1ccccc1. The molecule has 0 radical (unpaired) electrons. The van der Waals surface area contributed by atoms with Crippen molar-refractivity contribution in [1.29, 1.82) is 0 Å². The zero-order chi connectivity index (χ0) is 13.2. The van der Waals surface area contributed by atoms with Crippen LogP contribution in [-0.2, 0) is 0 Å². The second-order valence-corrected chi connectivity index (χ2v) is 5.04. The van der Waals surface area contributed by atoms with Gasteiger partial charge in [-0.1, -0.05) is 48.5 Å². The van der Waals surface area contributed by atoms with E-state index in [0.717, 1.165) is 0 Å². The first kappa shape index (κ1) is 11.9. The van der Waals surface area contributed by atoms with Crippen LogP contribution >= 0.6 is 0 Å². The molecule has 1 heterocycles. The molecule has 1 aliphatic heterocycles. The predicted molar refractivity (Wildman–Crippen MR) is 79.8 cm³/mol. The summed E-state index contributed by atoms with van der Waals surface area (Å²) in [6.45, 7) is 2.18. The van der Waals surface area contributed by atoms with Gasteiger partial charge in [0.1, 0.15) is 7.05 Å². The average molecular weight is 248 g/mol. The minimum atomic E-state index is 0.354. The molecule has 0 fully saturated rings.